The molecule has 1 unspecified atom stereocenters. The van der Waals surface area contributed by atoms with E-state index in [2.05, 4.69) is 36.2 Å². The fraction of sp³-hybridized carbons (Fsp3) is 0.625. The molecule has 2 saturated heterocycles. The first-order valence-electron chi connectivity index (χ1n) is 7.30. The van der Waals surface area contributed by atoms with E-state index >= 15 is 0 Å². The molecule has 3 rings (SSSR count). The van der Waals surface area contributed by atoms with E-state index in [1.54, 1.807) is 0 Å². The summed E-state index contributed by atoms with van der Waals surface area (Å²) in [6.45, 7) is 4.82. The van der Waals surface area contributed by atoms with Gasteiger partial charge in [-0.15, -0.1) is 0 Å². The summed E-state index contributed by atoms with van der Waals surface area (Å²) >= 11 is 0. The van der Waals surface area contributed by atoms with Crippen LogP contribution in [-0.2, 0) is 16.7 Å². The van der Waals surface area contributed by atoms with Gasteiger partial charge in [0.25, 0.3) is 0 Å². The van der Waals surface area contributed by atoms with Crippen molar-refractivity contribution >= 4 is 0 Å². The van der Waals surface area contributed by atoms with Crippen molar-refractivity contribution in [2.75, 3.05) is 33.4 Å². The molecule has 0 amide bonds. The van der Waals surface area contributed by atoms with Gasteiger partial charge in [-0.3, -0.25) is 0 Å². The molecule has 2 heterocycles. The molecular formula is C16H24N2O. The van der Waals surface area contributed by atoms with Crippen LogP contribution in [0.3, 0.4) is 0 Å². The quantitative estimate of drug-likeness (QED) is 0.900. The number of hydrogen-bond donors (Lipinski definition) is 1. The predicted molar refractivity (Wildman–Crippen MR) is 77.1 cm³/mol. The van der Waals surface area contributed by atoms with E-state index in [-0.39, 0.29) is 5.41 Å². The maximum atomic E-state index is 5.69. The van der Waals surface area contributed by atoms with Gasteiger partial charge in [0.15, 0.2) is 0 Å². The second-order valence-corrected chi connectivity index (χ2v) is 6.15. The smallest absolute Gasteiger partial charge is 0.0588 e. The van der Waals surface area contributed by atoms with E-state index < -0.39 is 0 Å². The summed E-state index contributed by atoms with van der Waals surface area (Å²) in [4.78, 5) is 2.46. The van der Waals surface area contributed by atoms with Crippen LogP contribution < -0.4 is 5.73 Å². The molecule has 2 aliphatic heterocycles. The fourth-order valence-corrected chi connectivity index (χ4v) is 3.55. The van der Waals surface area contributed by atoms with Crippen LogP contribution in [0.4, 0.5) is 0 Å². The zero-order chi connectivity index (χ0) is 13.3. The van der Waals surface area contributed by atoms with Crippen molar-refractivity contribution in [2.24, 2.45) is 11.7 Å². The molecule has 1 aromatic rings. The third-order valence-electron chi connectivity index (χ3n) is 4.89. The summed E-state index contributed by atoms with van der Waals surface area (Å²) in [6.07, 6.45) is 2.64. The molecule has 3 nitrogen and oxygen atoms in total. The number of nitrogens with two attached hydrogens (primary N) is 1. The Morgan fingerprint density at radius 1 is 1.32 bits per heavy atom. The van der Waals surface area contributed by atoms with Gasteiger partial charge < -0.3 is 15.4 Å². The van der Waals surface area contributed by atoms with Crippen molar-refractivity contribution in [2.45, 2.75) is 24.8 Å². The Labute approximate surface area is 115 Å². The van der Waals surface area contributed by atoms with Gasteiger partial charge in [-0.2, -0.15) is 0 Å². The number of ether oxygens (including phenoxy) is 1. The summed E-state index contributed by atoms with van der Waals surface area (Å²) in [5, 5.41) is 0. The largest absolute Gasteiger partial charge is 0.379 e. The maximum absolute atomic E-state index is 5.69. The zero-order valence-corrected chi connectivity index (χ0v) is 11.8. The Bertz CT molecular complexity index is 425. The van der Waals surface area contributed by atoms with Gasteiger partial charge in [0.05, 0.1) is 13.2 Å². The topological polar surface area (TPSA) is 38.5 Å². The molecule has 0 radical (unpaired) electrons. The Balaban J connectivity index is 1.85. The van der Waals surface area contributed by atoms with Gasteiger partial charge in [0.2, 0.25) is 0 Å². The molecule has 3 heteroatoms. The number of piperidine rings is 1. The third kappa shape index (κ3) is 2.31. The van der Waals surface area contributed by atoms with Gasteiger partial charge in [-0.25, -0.2) is 0 Å². The van der Waals surface area contributed by atoms with Crippen molar-refractivity contribution in [1.82, 2.24) is 4.90 Å². The highest BCUT2D eigenvalue weighted by Crippen LogP contribution is 2.43. The third-order valence-corrected chi connectivity index (χ3v) is 4.89. The molecule has 0 saturated carbocycles. The van der Waals surface area contributed by atoms with Crippen LogP contribution in [-0.4, -0.2) is 38.3 Å². The Morgan fingerprint density at radius 2 is 2.05 bits per heavy atom. The number of rotatable bonds is 3. The monoisotopic (exact) mass is 260 g/mol. The summed E-state index contributed by atoms with van der Waals surface area (Å²) in [5.74, 6) is 0.726. The van der Waals surface area contributed by atoms with Crippen LogP contribution in [0.1, 0.15) is 24.0 Å². The lowest BCUT2D eigenvalue weighted by molar-refractivity contribution is -0.102. The van der Waals surface area contributed by atoms with Crippen LogP contribution in [0, 0.1) is 5.92 Å². The van der Waals surface area contributed by atoms with Crippen molar-refractivity contribution in [1.29, 1.82) is 0 Å². The summed E-state index contributed by atoms with van der Waals surface area (Å²) < 4.78 is 5.59. The first-order valence-corrected chi connectivity index (χ1v) is 7.30. The van der Waals surface area contributed by atoms with Crippen molar-refractivity contribution in [3.63, 3.8) is 0 Å². The molecule has 0 spiro atoms. The second-order valence-electron chi connectivity index (χ2n) is 6.15. The highest BCUT2D eigenvalue weighted by Gasteiger charge is 2.47. The minimum atomic E-state index is 0.252. The number of nitrogens with zero attached hydrogens (tertiary/aromatic N) is 1. The highest BCUT2D eigenvalue weighted by atomic mass is 16.5. The van der Waals surface area contributed by atoms with E-state index in [0.717, 1.165) is 19.1 Å². The van der Waals surface area contributed by atoms with E-state index in [0.29, 0.717) is 6.54 Å². The SMILES string of the molecule is CN1CCCC(C2(c3ccc(CN)cc3)COC2)C1. The van der Waals surface area contributed by atoms with Gasteiger partial charge in [0, 0.05) is 18.5 Å². The van der Waals surface area contributed by atoms with Crippen LogP contribution in [0.2, 0.25) is 0 Å². The molecule has 1 aromatic carbocycles. The molecule has 19 heavy (non-hydrogen) atoms. The molecule has 0 aromatic heterocycles. The number of benzene rings is 1. The molecular weight excluding hydrogens is 236 g/mol. The van der Waals surface area contributed by atoms with Crippen LogP contribution >= 0.6 is 0 Å². The van der Waals surface area contributed by atoms with Crippen molar-refractivity contribution in [3.8, 4) is 0 Å². The molecule has 104 valence electrons. The predicted octanol–water partition coefficient (Wildman–Crippen LogP) is 1.76. The summed E-state index contributed by atoms with van der Waals surface area (Å²) in [7, 11) is 2.23. The lowest BCUT2D eigenvalue weighted by atomic mass is 9.66. The molecule has 1 atom stereocenters. The van der Waals surface area contributed by atoms with E-state index in [4.69, 9.17) is 10.5 Å². The average Bonchev–Trinajstić information content (AvgIpc) is 2.38. The molecule has 0 bridgehead atoms. The summed E-state index contributed by atoms with van der Waals surface area (Å²) in [6, 6.07) is 8.86. The van der Waals surface area contributed by atoms with Gasteiger partial charge >= 0.3 is 0 Å². The van der Waals surface area contributed by atoms with Gasteiger partial charge in [-0.1, -0.05) is 24.3 Å². The average molecular weight is 260 g/mol. The normalized spacial score (nSPS) is 26.9. The lowest BCUT2D eigenvalue weighted by Crippen LogP contribution is -2.56. The Hall–Kier alpha value is -0.900. The molecule has 2 fully saturated rings. The molecule has 0 aliphatic carbocycles. The van der Waals surface area contributed by atoms with Gasteiger partial charge in [0.1, 0.15) is 0 Å². The number of hydrogen-bond acceptors (Lipinski definition) is 3. The minimum absolute atomic E-state index is 0.252. The fourth-order valence-electron chi connectivity index (χ4n) is 3.55. The van der Waals surface area contributed by atoms with E-state index in [1.165, 1.54) is 37.1 Å². The first-order chi connectivity index (χ1) is 9.24. The van der Waals surface area contributed by atoms with E-state index in [9.17, 15) is 0 Å². The first kappa shape index (κ1) is 13.1. The maximum Gasteiger partial charge on any atom is 0.0588 e. The van der Waals surface area contributed by atoms with Gasteiger partial charge in [-0.05, 0) is 43.5 Å². The van der Waals surface area contributed by atoms with Crippen molar-refractivity contribution < 1.29 is 4.74 Å². The standard InChI is InChI=1S/C16H24N2O/c1-18-8-2-3-15(10-18)16(11-19-12-16)14-6-4-13(9-17)5-7-14/h4-7,15H,2-3,8-12,17H2,1H3. The van der Waals surface area contributed by atoms with Crippen molar-refractivity contribution in [3.05, 3.63) is 35.4 Å². The zero-order valence-electron chi connectivity index (χ0n) is 11.8. The molecule has 2 N–H and O–H groups in total. The second kappa shape index (κ2) is 5.23. The van der Waals surface area contributed by atoms with E-state index in [1.807, 2.05) is 0 Å². The minimum Gasteiger partial charge on any atom is -0.379 e. The van der Waals surface area contributed by atoms with Crippen LogP contribution in [0.25, 0.3) is 0 Å². The molecule has 2 aliphatic rings. The lowest BCUT2D eigenvalue weighted by Gasteiger charge is -2.50. The van der Waals surface area contributed by atoms with Crippen LogP contribution in [0.15, 0.2) is 24.3 Å². The van der Waals surface area contributed by atoms with Crippen LogP contribution in [0.5, 0.6) is 0 Å². The Kier molecular flexibility index (Phi) is 3.61. The highest BCUT2D eigenvalue weighted by molar-refractivity contribution is 5.32. The summed E-state index contributed by atoms with van der Waals surface area (Å²) in [5.41, 5.74) is 8.59. The Morgan fingerprint density at radius 3 is 2.58 bits per heavy atom. The number of likely N-dealkylation sites (tertiary alicyclic amines) is 1.